The van der Waals surface area contributed by atoms with Gasteiger partial charge in [0.2, 0.25) is 5.91 Å². The quantitative estimate of drug-likeness (QED) is 0.776. The van der Waals surface area contributed by atoms with Crippen LogP contribution in [0.5, 0.6) is 11.5 Å². The number of nitrogens with one attached hydrogen (secondary N) is 1. The summed E-state index contributed by atoms with van der Waals surface area (Å²) in [6, 6.07) is 14.3. The summed E-state index contributed by atoms with van der Waals surface area (Å²) in [5.74, 6) is 1.21. The van der Waals surface area contributed by atoms with Gasteiger partial charge in [0.05, 0.1) is 13.7 Å². The molecule has 136 valence electrons. The van der Waals surface area contributed by atoms with Crippen LogP contribution >= 0.6 is 0 Å². The summed E-state index contributed by atoms with van der Waals surface area (Å²) >= 11 is 0. The van der Waals surface area contributed by atoms with E-state index in [1.54, 1.807) is 12.0 Å². The molecule has 0 aromatic heterocycles. The van der Waals surface area contributed by atoms with Gasteiger partial charge >= 0.3 is 0 Å². The summed E-state index contributed by atoms with van der Waals surface area (Å²) in [7, 11) is 1.62. The number of ether oxygens (including phenoxy) is 2. The Morgan fingerprint density at radius 3 is 2.50 bits per heavy atom. The Morgan fingerprint density at radius 1 is 1.12 bits per heavy atom. The monoisotopic (exact) mass is 354 g/mol. The topological polar surface area (TPSA) is 67.9 Å². The van der Waals surface area contributed by atoms with Crippen molar-refractivity contribution in [3.05, 3.63) is 54.1 Å². The van der Waals surface area contributed by atoms with Crippen LogP contribution < -0.4 is 19.7 Å². The molecule has 1 atom stereocenters. The molecule has 0 saturated heterocycles. The molecule has 6 heteroatoms. The fourth-order valence-corrected chi connectivity index (χ4v) is 3.04. The van der Waals surface area contributed by atoms with Crippen molar-refractivity contribution in [3.8, 4) is 11.5 Å². The molecule has 0 unspecified atom stereocenters. The van der Waals surface area contributed by atoms with Gasteiger partial charge in [-0.3, -0.25) is 9.59 Å². The third-order valence-electron chi connectivity index (χ3n) is 4.25. The molecule has 1 N–H and O–H groups in total. The number of hydrogen-bond acceptors (Lipinski definition) is 4. The lowest BCUT2D eigenvalue weighted by Crippen LogP contribution is -2.37. The minimum absolute atomic E-state index is 0.106. The number of para-hydroxylation sites is 1. The van der Waals surface area contributed by atoms with Gasteiger partial charge in [-0.1, -0.05) is 18.2 Å². The number of methoxy groups -OCH3 is 1. The summed E-state index contributed by atoms with van der Waals surface area (Å²) in [6.45, 7) is 2.44. The number of carbonyl (C=O) groups excluding carboxylic acids is 2. The Kier molecular flexibility index (Phi) is 5.41. The van der Waals surface area contributed by atoms with Crippen LogP contribution in [0, 0.1) is 0 Å². The zero-order valence-electron chi connectivity index (χ0n) is 14.9. The second-order valence-corrected chi connectivity index (χ2v) is 6.06. The van der Waals surface area contributed by atoms with Gasteiger partial charge in [-0.15, -0.1) is 0 Å². The van der Waals surface area contributed by atoms with Crippen molar-refractivity contribution < 1.29 is 19.1 Å². The van der Waals surface area contributed by atoms with Crippen LogP contribution in [-0.4, -0.2) is 32.1 Å². The Labute approximate surface area is 152 Å². The molecule has 1 aliphatic heterocycles. The molecule has 0 bridgehead atoms. The Balaban J connectivity index is 1.59. The fraction of sp³-hybridized carbons (Fsp3) is 0.300. The predicted octanol–water partition coefficient (Wildman–Crippen LogP) is 2.69. The van der Waals surface area contributed by atoms with E-state index in [1.807, 2.05) is 48.5 Å². The second kappa shape index (κ2) is 7.91. The summed E-state index contributed by atoms with van der Waals surface area (Å²) in [5.41, 5.74) is 1.68. The lowest BCUT2D eigenvalue weighted by atomic mass is 10.1. The minimum atomic E-state index is -0.605. The molecule has 0 spiro atoms. The van der Waals surface area contributed by atoms with Gasteiger partial charge < -0.3 is 19.7 Å². The molecule has 0 saturated carbocycles. The Morgan fingerprint density at radius 2 is 1.81 bits per heavy atom. The van der Waals surface area contributed by atoms with Gasteiger partial charge in [0.1, 0.15) is 17.5 Å². The molecule has 3 rings (SSSR count). The molecule has 0 radical (unpaired) electrons. The molecule has 0 fully saturated rings. The number of benzene rings is 2. The van der Waals surface area contributed by atoms with Gasteiger partial charge in [-0.25, -0.2) is 0 Å². The van der Waals surface area contributed by atoms with Gasteiger partial charge in [0, 0.05) is 24.7 Å². The van der Waals surface area contributed by atoms with Crippen LogP contribution in [-0.2, 0) is 9.59 Å². The molecule has 0 aliphatic carbocycles. The van der Waals surface area contributed by atoms with Crippen molar-refractivity contribution in [1.82, 2.24) is 5.32 Å². The van der Waals surface area contributed by atoms with Crippen LogP contribution in [0.2, 0.25) is 0 Å². The number of hydrogen-bond donors (Lipinski definition) is 1. The second-order valence-electron chi connectivity index (χ2n) is 6.06. The average Bonchev–Trinajstić information content (AvgIpc) is 2.91. The van der Waals surface area contributed by atoms with E-state index in [2.05, 4.69) is 5.32 Å². The van der Waals surface area contributed by atoms with Crippen LogP contribution in [0.3, 0.4) is 0 Å². The van der Waals surface area contributed by atoms with E-state index in [1.165, 1.54) is 6.92 Å². The van der Waals surface area contributed by atoms with Crippen LogP contribution in [0.15, 0.2) is 48.5 Å². The van der Waals surface area contributed by atoms with Crippen molar-refractivity contribution >= 4 is 17.5 Å². The van der Waals surface area contributed by atoms with E-state index in [0.717, 1.165) is 22.7 Å². The van der Waals surface area contributed by atoms with Crippen LogP contribution in [0.25, 0.3) is 0 Å². The smallest absolute Gasteiger partial charge is 0.254 e. The van der Waals surface area contributed by atoms with Crippen molar-refractivity contribution in [2.45, 2.75) is 19.4 Å². The van der Waals surface area contributed by atoms with E-state index >= 15 is 0 Å². The maximum Gasteiger partial charge on any atom is 0.254 e. The predicted molar refractivity (Wildman–Crippen MR) is 98.5 cm³/mol. The number of fused-ring (bicyclic) bond motifs is 1. The zero-order valence-corrected chi connectivity index (χ0v) is 14.9. The fourth-order valence-electron chi connectivity index (χ4n) is 3.04. The Hall–Kier alpha value is -3.02. The number of nitrogens with zero attached hydrogens (tertiary/aromatic N) is 1. The number of rotatable bonds is 7. The van der Waals surface area contributed by atoms with E-state index in [4.69, 9.17) is 9.47 Å². The summed E-state index contributed by atoms with van der Waals surface area (Å²) in [5, 5.41) is 2.73. The van der Waals surface area contributed by atoms with Crippen LogP contribution in [0.1, 0.15) is 24.9 Å². The highest BCUT2D eigenvalue weighted by Gasteiger charge is 2.37. The van der Waals surface area contributed by atoms with E-state index in [-0.39, 0.29) is 11.8 Å². The molecule has 26 heavy (non-hydrogen) atoms. The van der Waals surface area contributed by atoms with Gasteiger partial charge in [0.25, 0.3) is 5.91 Å². The highest BCUT2D eigenvalue weighted by Crippen LogP contribution is 2.35. The Bertz CT molecular complexity index is 789. The first kappa shape index (κ1) is 17.8. The van der Waals surface area contributed by atoms with Gasteiger partial charge in [0.15, 0.2) is 0 Å². The molecule has 2 aromatic rings. The first-order chi connectivity index (χ1) is 12.6. The minimum Gasteiger partial charge on any atom is -0.497 e. The SMILES string of the molecule is COc1ccc(OCCCN2C(=O)[C@@H](NC(C)=O)c3ccccc32)cc1. The van der Waals surface area contributed by atoms with Crippen molar-refractivity contribution in [2.75, 3.05) is 25.2 Å². The molecular weight excluding hydrogens is 332 g/mol. The first-order valence-corrected chi connectivity index (χ1v) is 8.54. The van der Waals surface area contributed by atoms with E-state index < -0.39 is 6.04 Å². The van der Waals surface area contributed by atoms with Crippen molar-refractivity contribution in [1.29, 1.82) is 0 Å². The molecule has 1 aliphatic rings. The average molecular weight is 354 g/mol. The standard InChI is InChI=1S/C20H22N2O4/c1-14(23)21-19-17-6-3-4-7-18(17)22(20(19)24)12-5-13-26-16-10-8-15(25-2)9-11-16/h3-4,6-11,19H,5,12-13H2,1-2H3,(H,21,23)/t19-/m0/s1. The first-order valence-electron chi connectivity index (χ1n) is 8.54. The third-order valence-corrected chi connectivity index (χ3v) is 4.25. The molecule has 2 aromatic carbocycles. The molecule has 1 heterocycles. The lowest BCUT2D eigenvalue weighted by Gasteiger charge is -2.18. The number of carbonyl (C=O) groups is 2. The summed E-state index contributed by atoms with van der Waals surface area (Å²) in [4.78, 5) is 25.8. The maximum atomic E-state index is 12.7. The van der Waals surface area contributed by atoms with Crippen LogP contribution in [0.4, 0.5) is 5.69 Å². The van der Waals surface area contributed by atoms with Crippen molar-refractivity contribution in [3.63, 3.8) is 0 Å². The molecule has 6 nitrogen and oxygen atoms in total. The largest absolute Gasteiger partial charge is 0.497 e. The molecular formula is C20H22N2O4. The zero-order chi connectivity index (χ0) is 18.5. The summed E-state index contributed by atoms with van der Waals surface area (Å²) in [6.07, 6.45) is 0.679. The van der Waals surface area contributed by atoms with Gasteiger partial charge in [-0.05, 0) is 36.8 Å². The lowest BCUT2D eigenvalue weighted by molar-refractivity contribution is -0.126. The highest BCUT2D eigenvalue weighted by molar-refractivity contribution is 6.06. The van der Waals surface area contributed by atoms with E-state index in [0.29, 0.717) is 19.6 Å². The summed E-state index contributed by atoms with van der Waals surface area (Å²) < 4.78 is 10.8. The van der Waals surface area contributed by atoms with Gasteiger partial charge in [-0.2, -0.15) is 0 Å². The number of amides is 2. The number of anilines is 1. The maximum absolute atomic E-state index is 12.7. The normalized spacial score (nSPS) is 15.5. The molecule has 2 amide bonds. The van der Waals surface area contributed by atoms with E-state index in [9.17, 15) is 9.59 Å². The third kappa shape index (κ3) is 3.79. The van der Waals surface area contributed by atoms with Crippen molar-refractivity contribution in [2.24, 2.45) is 0 Å². The highest BCUT2D eigenvalue weighted by atomic mass is 16.5.